The van der Waals surface area contributed by atoms with Crippen molar-refractivity contribution >= 4 is 9.03 Å². The molecule has 2 nitrogen and oxygen atoms in total. The van der Waals surface area contributed by atoms with Crippen LogP contribution in [0.1, 0.15) is 63.5 Å². The number of hydrogen-bond acceptors (Lipinski definition) is 2. The third-order valence-corrected chi connectivity index (χ3v) is 4.94. The Morgan fingerprint density at radius 1 is 0.600 bits per heavy atom. The SMILES string of the molecule is CCCCCc1ccc(OPOc2ccc(CCCCC)cc2)cc1. The van der Waals surface area contributed by atoms with E-state index in [1.807, 2.05) is 24.3 Å². The number of hydrogen-bond donors (Lipinski definition) is 0. The van der Waals surface area contributed by atoms with E-state index in [0.29, 0.717) is 0 Å². The molecular formula is C22H31O2P. The summed E-state index contributed by atoms with van der Waals surface area (Å²) in [4.78, 5) is 0. The van der Waals surface area contributed by atoms with Crippen molar-refractivity contribution < 1.29 is 9.05 Å². The van der Waals surface area contributed by atoms with E-state index in [1.165, 1.54) is 49.7 Å². The van der Waals surface area contributed by atoms with Crippen LogP contribution < -0.4 is 9.05 Å². The summed E-state index contributed by atoms with van der Waals surface area (Å²) in [5.41, 5.74) is 2.76. The maximum absolute atomic E-state index is 5.71. The number of benzene rings is 2. The van der Waals surface area contributed by atoms with E-state index in [2.05, 4.69) is 38.1 Å². The third kappa shape index (κ3) is 7.92. The summed E-state index contributed by atoms with van der Waals surface area (Å²) in [7, 11) is -0.0175. The van der Waals surface area contributed by atoms with Gasteiger partial charge in [-0.2, -0.15) is 0 Å². The molecule has 2 aromatic rings. The van der Waals surface area contributed by atoms with Crippen LogP contribution in [0.3, 0.4) is 0 Å². The fraction of sp³-hybridized carbons (Fsp3) is 0.455. The summed E-state index contributed by atoms with van der Waals surface area (Å²) in [5, 5.41) is 0. The van der Waals surface area contributed by atoms with Gasteiger partial charge < -0.3 is 9.05 Å². The summed E-state index contributed by atoms with van der Waals surface area (Å²) >= 11 is 0. The lowest BCUT2D eigenvalue weighted by Crippen LogP contribution is -1.89. The van der Waals surface area contributed by atoms with Gasteiger partial charge >= 0.3 is 0 Å². The molecule has 0 aliphatic rings. The summed E-state index contributed by atoms with van der Waals surface area (Å²) in [5.74, 6) is 1.74. The van der Waals surface area contributed by atoms with Gasteiger partial charge in [0, 0.05) is 0 Å². The van der Waals surface area contributed by atoms with Crippen molar-refractivity contribution in [3.8, 4) is 11.5 Å². The monoisotopic (exact) mass is 358 g/mol. The molecule has 0 amide bonds. The largest absolute Gasteiger partial charge is 0.441 e. The van der Waals surface area contributed by atoms with E-state index in [9.17, 15) is 0 Å². The van der Waals surface area contributed by atoms with Gasteiger partial charge in [0.15, 0.2) is 0 Å². The van der Waals surface area contributed by atoms with Crippen molar-refractivity contribution in [2.75, 3.05) is 0 Å². The van der Waals surface area contributed by atoms with Gasteiger partial charge in [0.2, 0.25) is 0 Å². The summed E-state index contributed by atoms with van der Waals surface area (Å²) in [6.07, 6.45) is 9.94. The molecule has 2 rings (SSSR count). The van der Waals surface area contributed by atoms with Crippen molar-refractivity contribution in [2.24, 2.45) is 0 Å². The van der Waals surface area contributed by atoms with E-state index in [4.69, 9.17) is 9.05 Å². The summed E-state index contributed by atoms with van der Waals surface area (Å²) in [6.45, 7) is 4.47. The van der Waals surface area contributed by atoms with Crippen LogP contribution in [0.15, 0.2) is 48.5 Å². The first-order chi connectivity index (χ1) is 12.3. The Morgan fingerprint density at radius 2 is 1.00 bits per heavy atom. The van der Waals surface area contributed by atoms with Crippen LogP contribution in [0.2, 0.25) is 0 Å². The lowest BCUT2D eigenvalue weighted by molar-refractivity contribution is 0.515. The molecule has 3 heteroatoms. The molecule has 0 N–H and O–H groups in total. The van der Waals surface area contributed by atoms with Crippen molar-refractivity contribution in [2.45, 2.75) is 65.2 Å². The average Bonchev–Trinajstić information content (AvgIpc) is 2.65. The predicted molar refractivity (Wildman–Crippen MR) is 109 cm³/mol. The molecular weight excluding hydrogens is 327 g/mol. The van der Waals surface area contributed by atoms with E-state index in [0.717, 1.165) is 24.3 Å². The van der Waals surface area contributed by atoms with Crippen molar-refractivity contribution in [1.82, 2.24) is 0 Å². The van der Waals surface area contributed by atoms with Crippen LogP contribution in [0.5, 0.6) is 11.5 Å². The van der Waals surface area contributed by atoms with Crippen molar-refractivity contribution in [3.63, 3.8) is 0 Å². The molecule has 2 aromatic carbocycles. The fourth-order valence-electron chi connectivity index (χ4n) is 2.72. The highest BCUT2D eigenvalue weighted by Crippen LogP contribution is 2.26. The zero-order valence-corrected chi connectivity index (χ0v) is 16.6. The minimum Gasteiger partial charge on any atom is -0.441 e. The smallest absolute Gasteiger partial charge is 0.275 e. The third-order valence-electron chi connectivity index (χ3n) is 4.30. The molecule has 0 heterocycles. The quantitative estimate of drug-likeness (QED) is 0.297. The van der Waals surface area contributed by atoms with Gasteiger partial charge in [-0.25, -0.2) is 0 Å². The molecule has 0 aliphatic carbocycles. The van der Waals surface area contributed by atoms with Crippen LogP contribution in [0, 0.1) is 0 Å². The predicted octanol–water partition coefficient (Wildman–Crippen LogP) is 7.12. The van der Waals surface area contributed by atoms with Crippen LogP contribution in [0.25, 0.3) is 0 Å². The second kappa shape index (κ2) is 11.9. The molecule has 0 bridgehead atoms. The van der Waals surface area contributed by atoms with Crippen molar-refractivity contribution in [3.05, 3.63) is 59.7 Å². The molecule has 136 valence electrons. The van der Waals surface area contributed by atoms with Gasteiger partial charge in [-0.05, 0) is 61.1 Å². The Kier molecular flexibility index (Phi) is 9.44. The molecule has 0 unspecified atom stereocenters. The van der Waals surface area contributed by atoms with Crippen LogP contribution >= 0.6 is 9.03 Å². The summed E-state index contributed by atoms with van der Waals surface area (Å²) in [6, 6.07) is 16.8. The number of aryl methyl sites for hydroxylation is 2. The van der Waals surface area contributed by atoms with Gasteiger partial charge in [-0.3, -0.25) is 0 Å². The Morgan fingerprint density at radius 3 is 1.36 bits per heavy atom. The molecule has 0 fully saturated rings. The topological polar surface area (TPSA) is 18.5 Å². The zero-order chi connectivity index (χ0) is 17.7. The minimum absolute atomic E-state index is 0.0175. The molecule has 0 atom stereocenters. The Labute approximate surface area is 154 Å². The normalized spacial score (nSPS) is 10.6. The standard InChI is InChI=1S/C22H31O2P/c1-3-5-7-9-19-11-15-21(16-12-19)23-25-24-22-17-13-20(14-18-22)10-8-6-4-2/h11-18,25H,3-10H2,1-2H3. The summed E-state index contributed by atoms with van der Waals surface area (Å²) < 4.78 is 11.4. The van der Waals surface area contributed by atoms with E-state index in [1.54, 1.807) is 0 Å². The average molecular weight is 358 g/mol. The molecule has 25 heavy (non-hydrogen) atoms. The van der Waals surface area contributed by atoms with Crippen LogP contribution in [0.4, 0.5) is 0 Å². The highest BCUT2D eigenvalue weighted by molar-refractivity contribution is 7.27. The first-order valence-electron chi connectivity index (χ1n) is 9.58. The Hall–Kier alpha value is -1.53. The second-order valence-electron chi connectivity index (χ2n) is 6.49. The van der Waals surface area contributed by atoms with Crippen molar-refractivity contribution in [1.29, 1.82) is 0 Å². The molecule has 0 radical (unpaired) electrons. The molecule has 0 aliphatic heterocycles. The van der Waals surface area contributed by atoms with Crippen LogP contribution in [-0.4, -0.2) is 0 Å². The molecule has 0 aromatic heterocycles. The van der Waals surface area contributed by atoms with E-state index < -0.39 is 0 Å². The first kappa shape index (κ1) is 19.8. The molecule has 0 spiro atoms. The first-order valence-corrected chi connectivity index (χ1v) is 10.4. The van der Waals surface area contributed by atoms with E-state index in [-0.39, 0.29) is 9.03 Å². The lowest BCUT2D eigenvalue weighted by atomic mass is 10.1. The maximum atomic E-state index is 5.71. The lowest BCUT2D eigenvalue weighted by Gasteiger charge is -2.09. The number of rotatable bonds is 12. The second-order valence-corrected chi connectivity index (χ2v) is 7.06. The minimum atomic E-state index is -0.0175. The van der Waals surface area contributed by atoms with Gasteiger partial charge in [0.1, 0.15) is 11.5 Å². The highest BCUT2D eigenvalue weighted by Gasteiger charge is 1.99. The Balaban J connectivity index is 1.69. The van der Waals surface area contributed by atoms with Gasteiger partial charge in [-0.15, -0.1) is 0 Å². The molecule has 0 saturated heterocycles. The Bertz CT molecular complexity index is 524. The van der Waals surface area contributed by atoms with Gasteiger partial charge in [0.05, 0.1) is 0 Å². The van der Waals surface area contributed by atoms with Gasteiger partial charge in [-0.1, -0.05) is 63.8 Å². The van der Waals surface area contributed by atoms with Gasteiger partial charge in [0.25, 0.3) is 9.03 Å². The maximum Gasteiger partial charge on any atom is 0.275 e. The van der Waals surface area contributed by atoms with E-state index >= 15 is 0 Å². The highest BCUT2D eigenvalue weighted by atomic mass is 31.1. The fourth-order valence-corrected chi connectivity index (χ4v) is 3.23. The number of unbranched alkanes of at least 4 members (excludes halogenated alkanes) is 4. The zero-order valence-electron chi connectivity index (χ0n) is 15.6. The molecule has 0 saturated carbocycles. The van der Waals surface area contributed by atoms with Crippen LogP contribution in [-0.2, 0) is 12.8 Å².